The molecule has 0 N–H and O–H groups in total. The standard InChI is InChI=1S/C9H6N4O3S/c1-3-4(2)17-9(10-3)13-6-5(11-12-13)7(14)16-8(6)15/h1-2H3. The maximum atomic E-state index is 11.5. The van der Waals surface area contributed by atoms with Crippen molar-refractivity contribution < 1.29 is 14.3 Å². The van der Waals surface area contributed by atoms with Crippen LogP contribution in [0.15, 0.2) is 0 Å². The average Bonchev–Trinajstić information content (AvgIpc) is 2.89. The van der Waals surface area contributed by atoms with Gasteiger partial charge in [-0.1, -0.05) is 16.6 Å². The van der Waals surface area contributed by atoms with Crippen LogP contribution in [0.25, 0.3) is 5.13 Å². The molecule has 86 valence electrons. The van der Waals surface area contributed by atoms with Gasteiger partial charge in [0.15, 0.2) is 5.69 Å². The highest BCUT2D eigenvalue weighted by molar-refractivity contribution is 7.14. The molecule has 0 saturated carbocycles. The molecular weight excluding hydrogens is 244 g/mol. The molecule has 0 spiro atoms. The molecule has 1 aliphatic rings. The smallest absolute Gasteiger partial charge is 0.369 e. The Labute approximate surface area is 99.0 Å². The van der Waals surface area contributed by atoms with Gasteiger partial charge in [0.25, 0.3) is 0 Å². The van der Waals surface area contributed by atoms with E-state index in [4.69, 9.17) is 0 Å². The molecule has 0 unspecified atom stereocenters. The molecule has 0 atom stereocenters. The van der Waals surface area contributed by atoms with Gasteiger partial charge in [0.05, 0.1) is 5.69 Å². The largest absolute Gasteiger partial charge is 0.383 e. The van der Waals surface area contributed by atoms with Crippen LogP contribution >= 0.6 is 11.3 Å². The Morgan fingerprint density at radius 2 is 2.00 bits per heavy atom. The monoisotopic (exact) mass is 250 g/mol. The zero-order chi connectivity index (χ0) is 12.2. The van der Waals surface area contributed by atoms with Gasteiger partial charge in [0, 0.05) is 4.88 Å². The number of thiazole rings is 1. The fourth-order valence-corrected chi connectivity index (χ4v) is 2.33. The Balaban J connectivity index is 2.21. The molecule has 0 bridgehead atoms. The van der Waals surface area contributed by atoms with E-state index in [0.29, 0.717) is 5.13 Å². The van der Waals surface area contributed by atoms with Crippen LogP contribution in [0.2, 0.25) is 0 Å². The summed E-state index contributed by atoms with van der Waals surface area (Å²) in [6.07, 6.45) is 0. The first-order chi connectivity index (χ1) is 8.08. The number of ether oxygens (including phenoxy) is 1. The molecule has 0 radical (unpaired) electrons. The van der Waals surface area contributed by atoms with Gasteiger partial charge in [-0.3, -0.25) is 0 Å². The third-order valence-corrected chi connectivity index (χ3v) is 3.49. The summed E-state index contributed by atoms with van der Waals surface area (Å²) < 4.78 is 5.69. The number of nitrogens with zero attached hydrogens (tertiary/aromatic N) is 4. The zero-order valence-corrected chi connectivity index (χ0v) is 9.74. The Hall–Kier alpha value is -2.09. The van der Waals surface area contributed by atoms with Crippen molar-refractivity contribution in [1.82, 2.24) is 20.0 Å². The van der Waals surface area contributed by atoms with Crippen molar-refractivity contribution >= 4 is 23.3 Å². The molecule has 1 aliphatic heterocycles. The van der Waals surface area contributed by atoms with E-state index in [9.17, 15) is 9.59 Å². The van der Waals surface area contributed by atoms with Crippen LogP contribution in [-0.4, -0.2) is 31.9 Å². The number of fused-ring (bicyclic) bond motifs is 1. The number of cyclic esters (lactones) is 2. The van der Waals surface area contributed by atoms with Crippen molar-refractivity contribution in [3.63, 3.8) is 0 Å². The highest BCUT2D eigenvalue weighted by Gasteiger charge is 2.37. The summed E-state index contributed by atoms with van der Waals surface area (Å²) in [7, 11) is 0. The third-order valence-electron chi connectivity index (χ3n) is 2.44. The SMILES string of the molecule is Cc1nc(-n2nnc3c2C(=O)OC3=O)sc1C. The predicted octanol–water partition coefficient (Wildman–Crippen LogP) is 0.651. The van der Waals surface area contributed by atoms with Gasteiger partial charge in [0.1, 0.15) is 0 Å². The van der Waals surface area contributed by atoms with E-state index in [2.05, 4.69) is 20.0 Å². The second-order valence-electron chi connectivity index (χ2n) is 3.51. The second kappa shape index (κ2) is 3.20. The first-order valence-corrected chi connectivity index (χ1v) is 5.56. The van der Waals surface area contributed by atoms with Crippen molar-refractivity contribution in [3.05, 3.63) is 22.0 Å². The fourth-order valence-electron chi connectivity index (χ4n) is 1.46. The summed E-state index contributed by atoms with van der Waals surface area (Å²) in [6, 6.07) is 0. The minimum absolute atomic E-state index is 0.0451. The molecule has 0 fully saturated rings. The molecule has 2 aromatic heterocycles. The molecule has 3 heterocycles. The van der Waals surface area contributed by atoms with Crippen LogP contribution < -0.4 is 0 Å². The van der Waals surface area contributed by atoms with E-state index in [-0.39, 0.29) is 11.4 Å². The Bertz CT molecular complexity index is 638. The van der Waals surface area contributed by atoms with Gasteiger partial charge >= 0.3 is 11.9 Å². The van der Waals surface area contributed by atoms with Gasteiger partial charge in [0.2, 0.25) is 10.8 Å². The van der Waals surface area contributed by atoms with E-state index in [0.717, 1.165) is 10.6 Å². The molecule has 8 heteroatoms. The number of aromatic nitrogens is 4. The van der Waals surface area contributed by atoms with E-state index in [1.807, 2.05) is 13.8 Å². The summed E-state index contributed by atoms with van der Waals surface area (Å²) in [4.78, 5) is 27.9. The van der Waals surface area contributed by atoms with Crippen LogP contribution in [0.3, 0.4) is 0 Å². The van der Waals surface area contributed by atoms with Crippen LogP contribution in [-0.2, 0) is 4.74 Å². The highest BCUT2D eigenvalue weighted by atomic mass is 32.1. The Morgan fingerprint density at radius 3 is 2.65 bits per heavy atom. The number of esters is 2. The molecular formula is C9H6N4O3S. The van der Waals surface area contributed by atoms with Crippen LogP contribution in [0.5, 0.6) is 0 Å². The van der Waals surface area contributed by atoms with Crippen molar-refractivity contribution in [1.29, 1.82) is 0 Å². The van der Waals surface area contributed by atoms with Crippen LogP contribution in [0.1, 0.15) is 31.5 Å². The number of rotatable bonds is 1. The van der Waals surface area contributed by atoms with Crippen molar-refractivity contribution in [2.24, 2.45) is 0 Å². The molecule has 0 saturated heterocycles. The summed E-state index contributed by atoms with van der Waals surface area (Å²) in [5.74, 6) is -1.50. The van der Waals surface area contributed by atoms with Crippen molar-refractivity contribution in [2.75, 3.05) is 0 Å². The second-order valence-corrected chi connectivity index (χ2v) is 4.70. The van der Waals surface area contributed by atoms with E-state index >= 15 is 0 Å². The summed E-state index contributed by atoms with van der Waals surface area (Å²) in [5.41, 5.74) is 0.844. The minimum atomic E-state index is -0.763. The quantitative estimate of drug-likeness (QED) is 0.545. The minimum Gasteiger partial charge on any atom is -0.383 e. The van der Waals surface area contributed by atoms with Gasteiger partial charge in [-0.25, -0.2) is 14.6 Å². The van der Waals surface area contributed by atoms with E-state index < -0.39 is 11.9 Å². The first-order valence-electron chi connectivity index (χ1n) is 4.74. The van der Waals surface area contributed by atoms with Gasteiger partial charge < -0.3 is 4.74 Å². The predicted molar refractivity (Wildman–Crippen MR) is 56.3 cm³/mol. The van der Waals surface area contributed by atoms with Gasteiger partial charge in [-0.05, 0) is 13.8 Å². The number of hydrogen-bond donors (Lipinski definition) is 0. The number of aryl methyl sites for hydroxylation is 2. The maximum Gasteiger partial charge on any atom is 0.369 e. The lowest BCUT2D eigenvalue weighted by molar-refractivity contribution is 0.0434. The molecule has 7 nitrogen and oxygen atoms in total. The summed E-state index contributed by atoms with van der Waals surface area (Å²) in [5, 5.41) is 7.88. The number of hydrogen-bond acceptors (Lipinski definition) is 7. The lowest BCUT2D eigenvalue weighted by atomic mass is 10.4. The van der Waals surface area contributed by atoms with E-state index in [1.54, 1.807) is 0 Å². The third kappa shape index (κ3) is 1.30. The highest BCUT2D eigenvalue weighted by Crippen LogP contribution is 2.24. The average molecular weight is 250 g/mol. The lowest BCUT2D eigenvalue weighted by Gasteiger charge is -1.95. The van der Waals surface area contributed by atoms with Gasteiger partial charge in [-0.2, -0.15) is 4.68 Å². The summed E-state index contributed by atoms with van der Waals surface area (Å²) >= 11 is 1.37. The van der Waals surface area contributed by atoms with Gasteiger partial charge in [-0.15, -0.1) is 5.10 Å². The molecule has 0 aromatic carbocycles. The van der Waals surface area contributed by atoms with Crippen LogP contribution in [0.4, 0.5) is 0 Å². The first kappa shape index (κ1) is 10.1. The molecule has 17 heavy (non-hydrogen) atoms. The normalized spacial score (nSPS) is 14.0. The fraction of sp³-hybridized carbons (Fsp3) is 0.222. The molecule has 0 amide bonds. The molecule has 2 aromatic rings. The summed E-state index contributed by atoms with van der Waals surface area (Å²) in [6.45, 7) is 3.77. The number of carbonyl (C=O) groups is 2. The zero-order valence-electron chi connectivity index (χ0n) is 8.92. The topological polar surface area (TPSA) is 87.0 Å². The van der Waals surface area contributed by atoms with Crippen molar-refractivity contribution in [2.45, 2.75) is 13.8 Å². The lowest BCUT2D eigenvalue weighted by Crippen LogP contribution is -2.08. The Morgan fingerprint density at radius 1 is 1.24 bits per heavy atom. The van der Waals surface area contributed by atoms with E-state index in [1.165, 1.54) is 16.0 Å². The van der Waals surface area contributed by atoms with Crippen LogP contribution in [0, 0.1) is 13.8 Å². The molecule has 3 rings (SSSR count). The molecule has 0 aliphatic carbocycles. The van der Waals surface area contributed by atoms with Crippen molar-refractivity contribution in [3.8, 4) is 5.13 Å². The number of carbonyl (C=O) groups excluding carboxylic acids is 2. The Kier molecular flexibility index (Phi) is 1.90. The maximum absolute atomic E-state index is 11.5.